The zero-order valence-electron chi connectivity index (χ0n) is 15.5. The van der Waals surface area contributed by atoms with Crippen LogP contribution in [-0.4, -0.2) is 28.4 Å². The molecule has 0 unspecified atom stereocenters. The lowest BCUT2D eigenvalue weighted by Crippen LogP contribution is -2.32. The molecule has 0 atom stereocenters. The van der Waals surface area contributed by atoms with Crippen LogP contribution in [0.15, 0.2) is 24.3 Å². The van der Waals surface area contributed by atoms with Crippen molar-refractivity contribution >= 4 is 17.4 Å². The summed E-state index contributed by atoms with van der Waals surface area (Å²) in [6.07, 6.45) is 3.59. The van der Waals surface area contributed by atoms with Crippen LogP contribution in [0.25, 0.3) is 10.6 Å². The van der Waals surface area contributed by atoms with E-state index in [1.165, 1.54) is 5.56 Å². The number of amides is 1. The second-order valence-corrected chi connectivity index (χ2v) is 8.17. The average molecular weight is 362 g/mol. The Labute approximate surface area is 153 Å². The Morgan fingerprint density at radius 1 is 1.12 bits per heavy atom. The third-order valence-electron chi connectivity index (χ3n) is 3.50. The van der Waals surface area contributed by atoms with Crippen LogP contribution in [0.2, 0.25) is 0 Å². The van der Waals surface area contributed by atoms with E-state index in [-0.39, 0.29) is 6.09 Å². The summed E-state index contributed by atoms with van der Waals surface area (Å²) in [5, 5.41) is 13.4. The number of aryl methyl sites for hydroxylation is 2. The van der Waals surface area contributed by atoms with Crippen molar-refractivity contribution in [1.82, 2.24) is 15.5 Å². The molecule has 0 fully saturated rings. The third kappa shape index (κ3) is 7.22. The topological polar surface area (TPSA) is 64.1 Å². The first-order valence-corrected chi connectivity index (χ1v) is 9.51. The number of aromatic nitrogens is 2. The molecule has 1 heterocycles. The van der Waals surface area contributed by atoms with E-state index in [0.29, 0.717) is 6.54 Å². The van der Waals surface area contributed by atoms with Crippen LogP contribution in [0.4, 0.5) is 4.79 Å². The van der Waals surface area contributed by atoms with Crippen LogP contribution in [-0.2, 0) is 11.2 Å². The van der Waals surface area contributed by atoms with E-state index in [9.17, 15) is 4.79 Å². The fourth-order valence-corrected chi connectivity index (χ4v) is 3.14. The second-order valence-electron chi connectivity index (χ2n) is 7.11. The van der Waals surface area contributed by atoms with E-state index in [1.54, 1.807) is 11.3 Å². The van der Waals surface area contributed by atoms with Gasteiger partial charge in [-0.1, -0.05) is 47.6 Å². The summed E-state index contributed by atoms with van der Waals surface area (Å²) >= 11 is 1.65. The molecular weight excluding hydrogens is 334 g/mol. The second kappa shape index (κ2) is 8.94. The number of hydrogen-bond acceptors (Lipinski definition) is 5. The highest BCUT2D eigenvalue weighted by molar-refractivity contribution is 7.14. The van der Waals surface area contributed by atoms with E-state index >= 15 is 0 Å². The molecule has 6 heteroatoms. The Morgan fingerprint density at radius 3 is 2.52 bits per heavy atom. The van der Waals surface area contributed by atoms with Gasteiger partial charge in [0.1, 0.15) is 15.6 Å². The molecule has 0 saturated carbocycles. The highest BCUT2D eigenvalue weighted by Crippen LogP contribution is 2.24. The van der Waals surface area contributed by atoms with Gasteiger partial charge in [0.2, 0.25) is 0 Å². The molecule has 1 amide bonds. The molecule has 2 rings (SSSR count). The molecule has 0 bridgehead atoms. The number of ether oxygens (including phenoxy) is 1. The Balaban J connectivity index is 1.64. The fraction of sp³-hybridized carbons (Fsp3) is 0.526. The van der Waals surface area contributed by atoms with Crippen LogP contribution >= 0.6 is 11.3 Å². The largest absolute Gasteiger partial charge is 0.444 e. The number of rotatable bonds is 7. The number of carbonyl (C=O) groups excluding carboxylic acids is 1. The van der Waals surface area contributed by atoms with E-state index in [0.717, 1.165) is 41.3 Å². The summed E-state index contributed by atoms with van der Waals surface area (Å²) in [6.45, 7) is 8.30. The van der Waals surface area contributed by atoms with E-state index in [1.807, 2.05) is 20.8 Å². The lowest BCUT2D eigenvalue weighted by atomic mass is 10.2. The summed E-state index contributed by atoms with van der Waals surface area (Å²) in [6, 6.07) is 8.35. The molecule has 0 aliphatic carbocycles. The Morgan fingerprint density at radius 2 is 1.84 bits per heavy atom. The Hall–Kier alpha value is -1.95. The summed E-state index contributed by atoms with van der Waals surface area (Å²) in [5.74, 6) is 0. The number of benzene rings is 1. The molecule has 0 aliphatic rings. The van der Waals surface area contributed by atoms with Crippen molar-refractivity contribution in [2.75, 3.05) is 6.54 Å². The van der Waals surface area contributed by atoms with Gasteiger partial charge in [-0.15, -0.1) is 10.2 Å². The normalized spacial score (nSPS) is 11.4. The maximum atomic E-state index is 11.5. The van der Waals surface area contributed by atoms with Crippen LogP contribution in [0.3, 0.4) is 0 Å². The van der Waals surface area contributed by atoms with Gasteiger partial charge in [-0.3, -0.25) is 0 Å². The molecule has 0 radical (unpaired) electrons. The Kier molecular flexibility index (Phi) is 6.93. The van der Waals surface area contributed by atoms with E-state index in [4.69, 9.17) is 4.74 Å². The van der Waals surface area contributed by atoms with Gasteiger partial charge in [0.05, 0.1) is 0 Å². The molecule has 0 aliphatic heterocycles. The van der Waals surface area contributed by atoms with Crippen molar-refractivity contribution in [3.63, 3.8) is 0 Å². The van der Waals surface area contributed by atoms with Crippen molar-refractivity contribution in [3.05, 3.63) is 34.8 Å². The fourth-order valence-electron chi connectivity index (χ4n) is 2.25. The van der Waals surface area contributed by atoms with Crippen molar-refractivity contribution in [2.45, 2.75) is 59.0 Å². The SMILES string of the molecule is Cc1ccc(-c2nnc(CCCCCNC(=O)OC(C)(C)C)s2)cc1. The molecule has 5 nitrogen and oxygen atoms in total. The van der Waals surface area contributed by atoms with Gasteiger partial charge in [0.25, 0.3) is 0 Å². The van der Waals surface area contributed by atoms with Gasteiger partial charge in [0, 0.05) is 18.5 Å². The van der Waals surface area contributed by atoms with Crippen molar-refractivity contribution in [3.8, 4) is 10.6 Å². The number of carbonyl (C=O) groups is 1. The number of alkyl carbamates (subject to hydrolysis) is 1. The number of nitrogens with one attached hydrogen (secondary N) is 1. The third-order valence-corrected chi connectivity index (χ3v) is 4.53. The van der Waals surface area contributed by atoms with Crippen LogP contribution in [0.5, 0.6) is 0 Å². The molecule has 25 heavy (non-hydrogen) atoms. The van der Waals surface area contributed by atoms with Crippen LogP contribution < -0.4 is 5.32 Å². The molecule has 136 valence electrons. The average Bonchev–Trinajstić information content (AvgIpc) is 2.98. The zero-order valence-corrected chi connectivity index (χ0v) is 16.3. The minimum absolute atomic E-state index is 0.348. The lowest BCUT2D eigenvalue weighted by Gasteiger charge is -2.19. The maximum Gasteiger partial charge on any atom is 0.407 e. The highest BCUT2D eigenvalue weighted by atomic mass is 32.1. The first-order valence-electron chi connectivity index (χ1n) is 8.70. The monoisotopic (exact) mass is 361 g/mol. The predicted octanol–water partition coefficient (Wildman–Crippen LogP) is 4.75. The van der Waals surface area contributed by atoms with Gasteiger partial charge in [-0.05, 0) is 40.5 Å². The smallest absolute Gasteiger partial charge is 0.407 e. The molecular formula is C19H27N3O2S. The van der Waals surface area contributed by atoms with E-state index in [2.05, 4.69) is 46.7 Å². The van der Waals surface area contributed by atoms with Gasteiger partial charge in [0.15, 0.2) is 0 Å². The zero-order chi connectivity index (χ0) is 18.3. The molecule has 1 aromatic heterocycles. The van der Waals surface area contributed by atoms with Gasteiger partial charge in [-0.2, -0.15) is 0 Å². The summed E-state index contributed by atoms with van der Waals surface area (Å²) in [4.78, 5) is 11.5. The molecule has 1 N–H and O–H groups in total. The number of hydrogen-bond donors (Lipinski definition) is 1. The minimum Gasteiger partial charge on any atom is -0.444 e. The molecule has 1 aromatic carbocycles. The maximum absolute atomic E-state index is 11.5. The Bertz CT molecular complexity index is 675. The quantitative estimate of drug-likeness (QED) is 0.723. The molecule has 0 spiro atoms. The summed E-state index contributed by atoms with van der Waals surface area (Å²) in [7, 11) is 0. The van der Waals surface area contributed by atoms with Crippen molar-refractivity contribution in [1.29, 1.82) is 0 Å². The number of nitrogens with zero attached hydrogens (tertiary/aromatic N) is 2. The minimum atomic E-state index is -0.447. The van der Waals surface area contributed by atoms with Crippen molar-refractivity contribution < 1.29 is 9.53 Å². The van der Waals surface area contributed by atoms with Gasteiger partial charge < -0.3 is 10.1 Å². The molecule has 0 saturated heterocycles. The van der Waals surface area contributed by atoms with E-state index < -0.39 is 5.60 Å². The van der Waals surface area contributed by atoms with Gasteiger partial charge in [-0.25, -0.2) is 4.79 Å². The lowest BCUT2D eigenvalue weighted by molar-refractivity contribution is 0.0527. The standard InChI is InChI=1S/C19H27N3O2S/c1-14-9-11-15(12-10-14)17-22-21-16(25-17)8-6-5-7-13-20-18(23)24-19(2,3)4/h9-12H,5-8,13H2,1-4H3,(H,20,23). The van der Waals surface area contributed by atoms with Crippen molar-refractivity contribution in [2.24, 2.45) is 0 Å². The van der Waals surface area contributed by atoms with Crippen LogP contribution in [0.1, 0.15) is 50.6 Å². The van der Waals surface area contributed by atoms with Gasteiger partial charge >= 0.3 is 6.09 Å². The number of unbranched alkanes of at least 4 members (excludes halogenated alkanes) is 2. The first-order chi connectivity index (χ1) is 11.8. The summed E-state index contributed by atoms with van der Waals surface area (Å²) in [5.41, 5.74) is 1.92. The first kappa shape index (κ1) is 19.4. The highest BCUT2D eigenvalue weighted by Gasteiger charge is 2.15. The summed E-state index contributed by atoms with van der Waals surface area (Å²) < 4.78 is 5.20. The predicted molar refractivity (Wildman–Crippen MR) is 102 cm³/mol. The molecule has 2 aromatic rings. The van der Waals surface area contributed by atoms with Crippen LogP contribution in [0, 0.1) is 6.92 Å².